The molecule has 0 aliphatic rings. The Bertz CT molecular complexity index is 1750. The second-order valence-corrected chi connectivity index (χ2v) is 9.40. The molecule has 0 aliphatic heterocycles. The average Bonchev–Trinajstić information content (AvgIpc) is 3.53. The number of benzene rings is 4. The van der Waals surface area contributed by atoms with Crippen molar-refractivity contribution in [1.82, 2.24) is 24.1 Å². The summed E-state index contributed by atoms with van der Waals surface area (Å²) in [5.74, 6) is 1.70. The van der Waals surface area contributed by atoms with Crippen LogP contribution < -0.4 is 37.2 Å². The van der Waals surface area contributed by atoms with Crippen molar-refractivity contribution in [2.75, 3.05) is 0 Å². The first-order valence-corrected chi connectivity index (χ1v) is 12.8. The van der Waals surface area contributed by atoms with Gasteiger partial charge in [-0.05, 0) is 47.5 Å². The Labute approximate surface area is 296 Å². The molecule has 42 heavy (non-hydrogen) atoms. The Morgan fingerprint density at radius 2 is 0.786 bits per heavy atom. The van der Waals surface area contributed by atoms with Crippen LogP contribution in [-0.2, 0) is 13.1 Å². The fourth-order valence-electron chi connectivity index (χ4n) is 5.08. The zero-order chi connectivity index (χ0) is 25.3. The second-order valence-electron chi connectivity index (χ2n) is 9.40. The third-order valence-corrected chi connectivity index (χ3v) is 6.88. The average molecular weight is 742 g/mol. The van der Waals surface area contributed by atoms with Crippen LogP contribution in [0.25, 0.3) is 45.1 Å². The maximum atomic E-state index is 5.14. The molecule has 0 saturated carbocycles. The normalized spacial score (nSPS) is 10.3. The van der Waals surface area contributed by atoms with E-state index in [0.29, 0.717) is 0 Å². The Hall–Kier alpha value is -2.81. The van der Waals surface area contributed by atoms with Crippen molar-refractivity contribution in [3.05, 3.63) is 139 Å². The molecule has 0 saturated heterocycles. The van der Waals surface area contributed by atoms with E-state index in [1.807, 2.05) is 36.4 Å². The van der Waals surface area contributed by atoms with Gasteiger partial charge in [0.05, 0.1) is 22.1 Å². The molecular weight excluding hydrogens is 717 g/mol. The van der Waals surface area contributed by atoms with Crippen LogP contribution in [0.5, 0.6) is 0 Å². The summed E-state index contributed by atoms with van der Waals surface area (Å²) in [5, 5.41) is 0. The van der Waals surface area contributed by atoms with Crippen LogP contribution in [0.3, 0.4) is 0 Å². The number of halogens is 3. The molecule has 0 unspecified atom stereocenters. The Kier molecular flexibility index (Phi) is 12.1. The summed E-state index contributed by atoms with van der Waals surface area (Å²) in [6, 6.07) is 43.6. The number of hydrogen-bond acceptors (Lipinski definition) is 3. The van der Waals surface area contributed by atoms with Crippen molar-refractivity contribution in [1.29, 1.82) is 0 Å². The maximum Gasteiger partial charge on any atom is 3.00 e. The van der Waals surface area contributed by atoms with E-state index >= 15 is 0 Å². The smallest absolute Gasteiger partial charge is 1.00 e. The first kappa shape index (κ1) is 33.7. The van der Waals surface area contributed by atoms with Crippen molar-refractivity contribution in [3.63, 3.8) is 0 Å². The fourth-order valence-corrected chi connectivity index (χ4v) is 5.08. The number of para-hydroxylation sites is 4. The summed E-state index contributed by atoms with van der Waals surface area (Å²) < 4.78 is 4.51. The predicted octanol–water partition coefficient (Wildman–Crippen LogP) is -1.78. The van der Waals surface area contributed by atoms with E-state index < -0.39 is 0 Å². The third-order valence-electron chi connectivity index (χ3n) is 6.88. The van der Waals surface area contributed by atoms with Gasteiger partial charge in [-0.15, -0.1) is 0 Å². The van der Waals surface area contributed by atoms with Gasteiger partial charge in [0.1, 0.15) is 11.4 Å². The number of rotatable bonds is 6. The standard InChI is InChI=1S/C33H25N5.3ClH.Nd/c1-3-12-24(13-4-1)22-37-30-20-9-7-16-26(30)35-32(37)28-18-11-19-29(34-28)33-36-27-17-8-10-21-31(27)38(33)23-25-14-5-2-6-15-25;;;;/h1-21H,22-23H2;3*1H;/q;;;;+3/p-3. The van der Waals surface area contributed by atoms with Crippen LogP contribution in [0.1, 0.15) is 11.1 Å². The van der Waals surface area contributed by atoms with E-state index in [-0.39, 0.29) is 78.1 Å². The van der Waals surface area contributed by atoms with Crippen molar-refractivity contribution in [2.24, 2.45) is 0 Å². The molecule has 207 valence electrons. The summed E-state index contributed by atoms with van der Waals surface area (Å²) >= 11 is 0. The minimum Gasteiger partial charge on any atom is -1.00 e. The van der Waals surface area contributed by atoms with Gasteiger partial charge in [0.15, 0.2) is 11.6 Å². The Balaban J connectivity index is 0.00000121. The zero-order valence-electron chi connectivity index (χ0n) is 22.4. The quantitative estimate of drug-likeness (QED) is 0.203. The summed E-state index contributed by atoms with van der Waals surface area (Å²) in [7, 11) is 0. The fraction of sp³-hybridized carbons (Fsp3) is 0.0606. The summed E-state index contributed by atoms with van der Waals surface area (Å²) in [5.41, 5.74) is 8.20. The summed E-state index contributed by atoms with van der Waals surface area (Å²) in [6.45, 7) is 1.43. The van der Waals surface area contributed by atoms with Gasteiger partial charge in [-0.3, -0.25) is 0 Å². The van der Waals surface area contributed by atoms with Crippen LogP contribution in [0, 0.1) is 40.8 Å². The second kappa shape index (κ2) is 15.1. The number of nitrogens with zero attached hydrogens (tertiary/aromatic N) is 5. The molecule has 0 spiro atoms. The Morgan fingerprint density at radius 3 is 1.21 bits per heavy atom. The van der Waals surface area contributed by atoms with Crippen molar-refractivity contribution < 1.29 is 78.1 Å². The van der Waals surface area contributed by atoms with E-state index in [2.05, 4.69) is 100 Å². The molecule has 0 atom stereocenters. The number of aromatic nitrogens is 5. The SMILES string of the molecule is [Cl-].[Cl-].[Cl-].[Nd+3].c1ccc(Cn2c(-c3cccc(-c4nc5ccccc5n4Cc4ccccc4)n3)nc3ccccc32)cc1. The molecule has 0 fully saturated rings. The van der Waals surface area contributed by atoms with E-state index in [9.17, 15) is 0 Å². The molecule has 9 heteroatoms. The minimum atomic E-state index is 0. The summed E-state index contributed by atoms with van der Waals surface area (Å²) in [4.78, 5) is 15.2. The van der Waals surface area contributed by atoms with Gasteiger partial charge in [-0.1, -0.05) is 91.0 Å². The molecule has 1 radical (unpaired) electrons. The molecule has 0 N–H and O–H groups in total. The van der Waals surface area contributed by atoms with Gasteiger partial charge in [0.25, 0.3) is 0 Å². The van der Waals surface area contributed by atoms with E-state index in [1.165, 1.54) is 11.1 Å². The first-order chi connectivity index (χ1) is 18.8. The molecule has 3 heterocycles. The van der Waals surface area contributed by atoms with Crippen molar-refractivity contribution in [3.8, 4) is 23.0 Å². The van der Waals surface area contributed by atoms with Crippen LogP contribution in [0.15, 0.2) is 127 Å². The van der Waals surface area contributed by atoms with Gasteiger partial charge < -0.3 is 46.4 Å². The molecule has 5 nitrogen and oxygen atoms in total. The first-order valence-electron chi connectivity index (χ1n) is 12.8. The molecule has 0 amide bonds. The Morgan fingerprint density at radius 1 is 0.405 bits per heavy atom. The van der Waals surface area contributed by atoms with Gasteiger partial charge in [0.2, 0.25) is 0 Å². The third kappa shape index (κ3) is 6.71. The van der Waals surface area contributed by atoms with Crippen LogP contribution in [0.2, 0.25) is 0 Å². The van der Waals surface area contributed by atoms with Crippen LogP contribution in [0.4, 0.5) is 0 Å². The topological polar surface area (TPSA) is 48.5 Å². The van der Waals surface area contributed by atoms with E-state index in [1.54, 1.807) is 0 Å². The van der Waals surface area contributed by atoms with Gasteiger partial charge in [0, 0.05) is 13.1 Å². The molecule has 0 aliphatic carbocycles. The summed E-state index contributed by atoms with van der Waals surface area (Å²) in [6.07, 6.45) is 0. The molecular formula is C33H25Cl3N5Nd. The van der Waals surface area contributed by atoms with E-state index in [0.717, 1.165) is 58.2 Å². The molecule has 7 aromatic rings. The molecule has 3 aromatic heterocycles. The minimum absolute atomic E-state index is 0. The van der Waals surface area contributed by atoms with Crippen molar-refractivity contribution in [2.45, 2.75) is 13.1 Å². The zero-order valence-corrected chi connectivity index (χ0v) is 27.9. The van der Waals surface area contributed by atoms with Crippen LogP contribution in [-0.4, -0.2) is 24.1 Å². The number of pyridine rings is 1. The van der Waals surface area contributed by atoms with Crippen molar-refractivity contribution >= 4 is 22.1 Å². The molecule has 4 aromatic carbocycles. The molecule has 0 bridgehead atoms. The van der Waals surface area contributed by atoms with Gasteiger partial charge >= 0.3 is 40.8 Å². The van der Waals surface area contributed by atoms with E-state index in [4.69, 9.17) is 15.0 Å². The number of hydrogen-bond donors (Lipinski definition) is 0. The maximum absolute atomic E-state index is 5.14. The number of fused-ring (bicyclic) bond motifs is 2. The van der Waals surface area contributed by atoms with Crippen LogP contribution >= 0.6 is 0 Å². The monoisotopic (exact) mass is 738 g/mol. The molecule has 7 rings (SSSR count). The van der Waals surface area contributed by atoms with Gasteiger partial charge in [-0.2, -0.15) is 0 Å². The predicted molar refractivity (Wildman–Crippen MR) is 153 cm³/mol. The number of imidazole rings is 2. The van der Waals surface area contributed by atoms with Gasteiger partial charge in [-0.25, -0.2) is 15.0 Å². The largest absolute Gasteiger partial charge is 3.00 e.